The molecule has 2 amide bonds. The van der Waals surface area contributed by atoms with Crippen LogP contribution in [0.2, 0.25) is 0 Å². The largest absolute Gasteiger partial charge is 0.376 e. The summed E-state index contributed by atoms with van der Waals surface area (Å²) in [7, 11) is 0. The van der Waals surface area contributed by atoms with E-state index in [0.717, 1.165) is 25.0 Å². The molecular formula is C18H24N2O3. The van der Waals surface area contributed by atoms with Gasteiger partial charge in [-0.05, 0) is 31.7 Å². The van der Waals surface area contributed by atoms with E-state index in [4.69, 9.17) is 4.74 Å². The van der Waals surface area contributed by atoms with Crippen LogP contribution in [0.15, 0.2) is 24.3 Å². The number of ether oxygens (including phenoxy) is 1. The van der Waals surface area contributed by atoms with E-state index in [1.807, 2.05) is 31.2 Å². The Bertz CT molecular complexity index is 564. The summed E-state index contributed by atoms with van der Waals surface area (Å²) in [6.45, 7) is 3.90. The van der Waals surface area contributed by atoms with Crippen molar-refractivity contribution in [3.63, 3.8) is 0 Å². The number of rotatable bonds is 6. The molecule has 2 N–H and O–H groups in total. The van der Waals surface area contributed by atoms with Crippen LogP contribution in [0.1, 0.15) is 30.4 Å². The second-order valence-electron chi connectivity index (χ2n) is 6.53. The van der Waals surface area contributed by atoms with Gasteiger partial charge in [0.15, 0.2) is 0 Å². The highest BCUT2D eigenvalue weighted by atomic mass is 16.5. The number of carbonyl (C=O) groups excluding carboxylic acids is 2. The second kappa shape index (κ2) is 7.13. The molecular weight excluding hydrogens is 292 g/mol. The molecule has 0 aromatic heterocycles. The van der Waals surface area contributed by atoms with E-state index >= 15 is 0 Å². The van der Waals surface area contributed by atoms with Crippen LogP contribution >= 0.6 is 0 Å². The van der Waals surface area contributed by atoms with Crippen molar-refractivity contribution in [2.24, 2.45) is 11.8 Å². The third kappa shape index (κ3) is 4.32. The molecule has 5 heteroatoms. The molecule has 0 spiro atoms. The molecule has 0 bridgehead atoms. The Kier molecular flexibility index (Phi) is 4.96. The molecule has 1 aromatic rings. The average Bonchev–Trinajstić information content (AvgIpc) is 3.19. The molecule has 1 heterocycles. The first kappa shape index (κ1) is 16.0. The summed E-state index contributed by atoms with van der Waals surface area (Å²) in [5.74, 6) is -0.391. The molecule has 3 atom stereocenters. The lowest BCUT2D eigenvalue weighted by Crippen LogP contribution is -2.34. The Balaban J connectivity index is 1.37. The van der Waals surface area contributed by atoms with Gasteiger partial charge in [-0.3, -0.25) is 9.59 Å². The number of amides is 2. The molecule has 3 unspecified atom stereocenters. The molecule has 1 aliphatic heterocycles. The molecule has 2 aliphatic rings. The second-order valence-corrected chi connectivity index (χ2v) is 6.53. The highest BCUT2D eigenvalue weighted by molar-refractivity contribution is 5.92. The smallest absolute Gasteiger partial charge is 0.224 e. The minimum atomic E-state index is -0.176. The maximum atomic E-state index is 12.1. The van der Waals surface area contributed by atoms with Crippen molar-refractivity contribution in [1.29, 1.82) is 0 Å². The summed E-state index contributed by atoms with van der Waals surface area (Å²) in [6, 6.07) is 8.07. The first-order valence-corrected chi connectivity index (χ1v) is 8.36. The fourth-order valence-electron chi connectivity index (χ4n) is 2.95. The number of carbonyl (C=O) groups is 2. The lowest BCUT2D eigenvalue weighted by atomic mass is 10.1. The third-order valence-corrected chi connectivity index (χ3v) is 4.58. The van der Waals surface area contributed by atoms with Crippen LogP contribution in [0.25, 0.3) is 0 Å². The van der Waals surface area contributed by atoms with Crippen LogP contribution in [0.4, 0.5) is 0 Å². The van der Waals surface area contributed by atoms with Crippen molar-refractivity contribution < 1.29 is 14.3 Å². The zero-order valence-corrected chi connectivity index (χ0v) is 13.5. The molecule has 0 radical (unpaired) electrons. The van der Waals surface area contributed by atoms with Crippen molar-refractivity contribution in [3.05, 3.63) is 35.4 Å². The highest BCUT2D eigenvalue weighted by Gasteiger charge is 2.47. The highest BCUT2D eigenvalue weighted by Crippen LogP contribution is 2.38. The summed E-state index contributed by atoms with van der Waals surface area (Å²) in [5, 5.41) is 5.83. The van der Waals surface area contributed by atoms with Gasteiger partial charge in [0.2, 0.25) is 11.8 Å². The van der Waals surface area contributed by atoms with E-state index in [-0.39, 0.29) is 29.8 Å². The minimum Gasteiger partial charge on any atom is -0.376 e. The maximum absolute atomic E-state index is 12.1. The first-order valence-electron chi connectivity index (χ1n) is 8.36. The van der Waals surface area contributed by atoms with E-state index in [0.29, 0.717) is 19.5 Å². The van der Waals surface area contributed by atoms with E-state index in [1.54, 1.807) is 0 Å². The molecule has 5 nitrogen and oxygen atoms in total. The quantitative estimate of drug-likeness (QED) is 0.836. The first-order chi connectivity index (χ1) is 11.1. The van der Waals surface area contributed by atoms with Crippen LogP contribution in [-0.4, -0.2) is 31.1 Å². The summed E-state index contributed by atoms with van der Waals surface area (Å²) in [5.41, 5.74) is 2.27. The molecule has 2 fully saturated rings. The van der Waals surface area contributed by atoms with Gasteiger partial charge in [0.25, 0.3) is 0 Å². The SMILES string of the molecule is Cc1ccc(CNC(=O)C2CC2C(=O)NCC2CCCO2)cc1. The lowest BCUT2D eigenvalue weighted by molar-refractivity contribution is -0.127. The van der Waals surface area contributed by atoms with E-state index < -0.39 is 0 Å². The van der Waals surface area contributed by atoms with Gasteiger partial charge in [-0.15, -0.1) is 0 Å². The number of hydrogen-bond acceptors (Lipinski definition) is 3. The van der Waals surface area contributed by atoms with Gasteiger partial charge in [-0.1, -0.05) is 29.8 Å². The molecule has 3 rings (SSSR count). The van der Waals surface area contributed by atoms with Crippen LogP contribution in [-0.2, 0) is 20.9 Å². The number of hydrogen-bond donors (Lipinski definition) is 2. The van der Waals surface area contributed by atoms with Gasteiger partial charge in [0.1, 0.15) is 0 Å². The maximum Gasteiger partial charge on any atom is 0.224 e. The van der Waals surface area contributed by atoms with Gasteiger partial charge in [0, 0.05) is 19.7 Å². The summed E-state index contributed by atoms with van der Waals surface area (Å²) < 4.78 is 5.48. The molecule has 1 saturated carbocycles. The lowest BCUT2D eigenvalue weighted by Gasteiger charge is -2.10. The van der Waals surface area contributed by atoms with Crippen LogP contribution < -0.4 is 10.6 Å². The molecule has 1 aromatic carbocycles. The van der Waals surface area contributed by atoms with E-state index in [2.05, 4.69) is 10.6 Å². The van der Waals surface area contributed by atoms with Crippen LogP contribution in [0.5, 0.6) is 0 Å². The Morgan fingerprint density at radius 2 is 1.83 bits per heavy atom. The fraction of sp³-hybridized carbons (Fsp3) is 0.556. The molecule has 23 heavy (non-hydrogen) atoms. The topological polar surface area (TPSA) is 67.4 Å². The van der Waals surface area contributed by atoms with E-state index in [1.165, 1.54) is 5.56 Å². The van der Waals surface area contributed by atoms with Gasteiger partial charge in [0.05, 0.1) is 17.9 Å². The Morgan fingerprint density at radius 3 is 2.48 bits per heavy atom. The van der Waals surface area contributed by atoms with Gasteiger partial charge in [-0.2, -0.15) is 0 Å². The van der Waals surface area contributed by atoms with Gasteiger partial charge < -0.3 is 15.4 Å². The Labute approximate surface area is 136 Å². The normalized spacial score (nSPS) is 25.9. The molecule has 1 aliphatic carbocycles. The zero-order chi connectivity index (χ0) is 16.2. The van der Waals surface area contributed by atoms with Crippen molar-refractivity contribution >= 4 is 11.8 Å². The number of benzene rings is 1. The van der Waals surface area contributed by atoms with Crippen molar-refractivity contribution in [2.75, 3.05) is 13.2 Å². The summed E-state index contributed by atoms with van der Waals surface area (Å²) in [4.78, 5) is 24.1. The standard InChI is InChI=1S/C18H24N2O3/c1-12-4-6-13(7-5-12)10-19-17(21)15-9-16(15)18(22)20-11-14-3-2-8-23-14/h4-7,14-16H,2-3,8-11H2,1H3,(H,19,21)(H,20,22). The number of nitrogens with one attached hydrogen (secondary N) is 2. The summed E-state index contributed by atoms with van der Waals surface area (Å²) in [6.07, 6.45) is 2.86. The minimum absolute atomic E-state index is 0.0176. The van der Waals surface area contributed by atoms with Crippen molar-refractivity contribution in [2.45, 2.75) is 38.8 Å². The average molecular weight is 316 g/mol. The fourth-order valence-corrected chi connectivity index (χ4v) is 2.95. The summed E-state index contributed by atoms with van der Waals surface area (Å²) >= 11 is 0. The van der Waals surface area contributed by atoms with Crippen LogP contribution in [0, 0.1) is 18.8 Å². The molecule has 124 valence electrons. The molecule has 1 saturated heterocycles. The predicted molar refractivity (Wildman–Crippen MR) is 86.6 cm³/mol. The van der Waals surface area contributed by atoms with Crippen LogP contribution in [0.3, 0.4) is 0 Å². The van der Waals surface area contributed by atoms with Crippen molar-refractivity contribution in [1.82, 2.24) is 10.6 Å². The van der Waals surface area contributed by atoms with Crippen molar-refractivity contribution in [3.8, 4) is 0 Å². The van der Waals surface area contributed by atoms with Gasteiger partial charge in [-0.25, -0.2) is 0 Å². The number of aryl methyl sites for hydroxylation is 1. The Morgan fingerprint density at radius 1 is 1.13 bits per heavy atom. The van der Waals surface area contributed by atoms with Gasteiger partial charge >= 0.3 is 0 Å². The monoisotopic (exact) mass is 316 g/mol. The Hall–Kier alpha value is -1.88. The zero-order valence-electron chi connectivity index (χ0n) is 13.5. The third-order valence-electron chi connectivity index (χ3n) is 4.58. The predicted octanol–water partition coefficient (Wildman–Crippen LogP) is 1.54. The van der Waals surface area contributed by atoms with E-state index in [9.17, 15) is 9.59 Å².